The van der Waals surface area contributed by atoms with Gasteiger partial charge < -0.3 is 5.32 Å². The molecule has 0 aliphatic heterocycles. The highest BCUT2D eigenvalue weighted by Crippen LogP contribution is 2.23. The van der Waals surface area contributed by atoms with Crippen LogP contribution in [-0.4, -0.2) is 15.0 Å². The summed E-state index contributed by atoms with van der Waals surface area (Å²) in [4.78, 5) is 38.6. The Hall–Kier alpha value is -2.86. The van der Waals surface area contributed by atoms with Crippen LogP contribution in [0.4, 0.5) is 5.69 Å². The molecule has 0 aliphatic rings. The summed E-state index contributed by atoms with van der Waals surface area (Å²) in [6.07, 6.45) is 0.696. The van der Waals surface area contributed by atoms with Crippen molar-refractivity contribution < 1.29 is 4.79 Å². The van der Waals surface area contributed by atoms with Gasteiger partial charge in [-0.1, -0.05) is 43.6 Å². The molecule has 1 N–H and O–H groups in total. The van der Waals surface area contributed by atoms with Gasteiger partial charge in [0.15, 0.2) is 0 Å². The summed E-state index contributed by atoms with van der Waals surface area (Å²) in [6.45, 7) is 5.99. The van der Waals surface area contributed by atoms with Gasteiger partial charge in [-0.15, -0.1) is 0 Å². The smallest absolute Gasteiger partial charge is 0.324 e. The van der Waals surface area contributed by atoms with Crippen molar-refractivity contribution in [3.05, 3.63) is 73.9 Å². The molecule has 0 spiro atoms. The number of benzene rings is 2. The first-order valence-corrected chi connectivity index (χ1v) is 9.94. The maximum absolute atomic E-state index is 13.1. The number of carbonyl (C=O) groups excluding carboxylic acids is 1. The van der Waals surface area contributed by atoms with E-state index in [4.69, 9.17) is 11.6 Å². The van der Waals surface area contributed by atoms with E-state index in [0.717, 1.165) is 5.56 Å². The number of hydrogen-bond acceptors (Lipinski definition) is 3. The van der Waals surface area contributed by atoms with Gasteiger partial charge in [0.05, 0.1) is 10.9 Å². The van der Waals surface area contributed by atoms with E-state index >= 15 is 0 Å². The summed E-state index contributed by atoms with van der Waals surface area (Å²) in [7, 11) is 0. The first-order valence-electron chi connectivity index (χ1n) is 9.57. The van der Waals surface area contributed by atoms with Crippen molar-refractivity contribution in [2.75, 3.05) is 5.32 Å². The van der Waals surface area contributed by atoms with E-state index in [-0.39, 0.29) is 18.0 Å². The van der Waals surface area contributed by atoms with Crippen molar-refractivity contribution in [1.82, 2.24) is 9.13 Å². The minimum absolute atomic E-state index is 0.201. The lowest BCUT2D eigenvalue weighted by Crippen LogP contribution is -2.42. The molecule has 3 rings (SSSR count). The van der Waals surface area contributed by atoms with E-state index in [2.05, 4.69) is 5.32 Å². The van der Waals surface area contributed by atoms with Crippen LogP contribution >= 0.6 is 11.6 Å². The molecule has 1 amide bonds. The zero-order valence-electron chi connectivity index (χ0n) is 16.7. The second kappa shape index (κ2) is 8.66. The maximum Gasteiger partial charge on any atom is 0.331 e. The molecular weight excluding hydrogens is 390 g/mol. The third kappa shape index (κ3) is 4.43. The summed E-state index contributed by atoms with van der Waals surface area (Å²) >= 11 is 6.11. The van der Waals surface area contributed by atoms with Crippen LogP contribution in [0.25, 0.3) is 10.9 Å². The molecule has 0 atom stereocenters. The highest BCUT2D eigenvalue weighted by atomic mass is 35.5. The lowest BCUT2D eigenvalue weighted by Gasteiger charge is -2.15. The minimum Gasteiger partial charge on any atom is -0.324 e. The molecule has 0 unspecified atom stereocenters. The van der Waals surface area contributed by atoms with E-state index < -0.39 is 5.69 Å². The fourth-order valence-electron chi connectivity index (χ4n) is 3.18. The standard InChI is InChI=1S/C22H24ClN3O3/c1-14(2)11-12-25-21(28)16-7-4-5-10-19(16)26(22(25)29)13-20(27)24-18-9-6-8-17(23)15(18)3/h4-10,14H,11-13H2,1-3H3,(H,24,27). The summed E-state index contributed by atoms with van der Waals surface area (Å²) in [5.41, 5.74) is 0.983. The Bertz CT molecular complexity index is 1180. The van der Waals surface area contributed by atoms with Gasteiger partial charge in [0.2, 0.25) is 5.91 Å². The lowest BCUT2D eigenvalue weighted by molar-refractivity contribution is -0.116. The number of fused-ring (bicyclic) bond motifs is 1. The van der Waals surface area contributed by atoms with Crippen LogP contribution in [0.5, 0.6) is 0 Å². The van der Waals surface area contributed by atoms with Crippen LogP contribution in [0, 0.1) is 12.8 Å². The van der Waals surface area contributed by atoms with Gasteiger partial charge in [-0.05, 0) is 49.1 Å². The molecule has 29 heavy (non-hydrogen) atoms. The molecule has 6 nitrogen and oxygen atoms in total. The average molecular weight is 414 g/mol. The van der Waals surface area contributed by atoms with Crippen molar-refractivity contribution in [3.8, 4) is 0 Å². The molecule has 0 radical (unpaired) electrons. The second-order valence-electron chi connectivity index (χ2n) is 7.49. The zero-order valence-corrected chi connectivity index (χ0v) is 17.5. The molecule has 2 aromatic carbocycles. The quantitative estimate of drug-likeness (QED) is 0.667. The number of halogens is 1. The number of aromatic nitrogens is 2. The third-order valence-electron chi connectivity index (χ3n) is 4.91. The number of nitrogens with one attached hydrogen (secondary N) is 1. The normalized spacial score (nSPS) is 11.2. The highest BCUT2D eigenvalue weighted by molar-refractivity contribution is 6.31. The first-order chi connectivity index (χ1) is 13.8. The molecule has 1 aromatic heterocycles. The monoisotopic (exact) mass is 413 g/mol. The Labute approximate surface area is 173 Å². The molecule has 0 fully saturated rings. The number of carbonyl (C=O) groups is 1. The molecule has 0 saturated heterocycles. The molecule has 0 bridgehead atoms. The van der Waals surface area contributed by atoms with Crippen molar-refractivity contribution in [3.63, 3.8) is 0 Å². The zero-order chi connectivity index (χ0) is 21.1. The Morgan fingerprint density at radius 3 is 2.52 bits per heavy atom. The fraction of sp³-hybridized carbons (Fsp3) is 0.318. The Morgan fingerprint density at radius 2 is 1.79 bits per heavy atom. The first kappa shape index (κ1) is 20.9. The molecule has 1 heterocycles. The molecule has 3 aromatic rings. The van der Waals surface area contributed by atoms with Crippen LogP contribution in [0.1, 0.15) is 25.8 Å². The van der Waals surface area contributed by atoms with Gasteiger partial charge in [-0.2, -0.15) is 0 Å². The Balaban J connectivity index is 2.01. The van der Waals surface area contributed by atoms with Crippen LogP contribution in [0.3, 0.4) is 0 Å². The highest BCUT2D eigenvalue weighted by Gasteiger charge is 2.16. The number of hydrogen-bond donors (Lipinski definition) is 1. The van der Waals surface area contributed by atoms with E-state index in [0.29, 0.717) is 40.5 Å². The SMILES string of the molecule is Cc1c(Cl)cccc1NC(=O)Cn1c(=O)n(CCC(C)C)c(=O)c2ccccc21. The number of rotatable bonds is 6. The molecule has 152 valence electrons. The van der Waals surface area contributed by atoms with E-state index in [9.17, 15) is 14.4 Å². The summed E-state index contributed by atoms with van der Waals surface area (Å²) in [5.74, 6) is -0.0213. The Kier molecular flexibility index (Phi) is 6.23. The van der Waals surface area contributed by atoms with Crippen LogP contribution < -0.4 is 16.6 Å². The third-order valence-corrected chi connectivity index (χ3v) is 5.32. The van der Waals surface area contributed by atoms with Crippen molar-refractivity contribution in [1.29, 1.82) is 0 Å². The predicted octanol–water partition coefficient (Wildman–Crippen LogP) is 3.81. The van der Waals surface area contributed by atoms with Gasteiger partial charge >= 0.3 is 5.69 Å². The fourth-order valence-corrected chi connectivity index (χ4v) is 3.36. The summed E-state index contributed by atoms with van der Waals surface area (Å²) < 4.78 is 2.58. The summed E-state index contributed by atoms with van der Waals surface area (Å²) in [5, 5.41) is 3.77. The van der Waals surface area contributed by atoms with E-state index in [1.54, 1.807) is 42.5 Å². The number of anilines is 1. The number of amides is 1. The molecule has 0 aliphatic carbocycles. The van der Waals surface area contributed by atoms with Crippen molar-refractivity contribution in [2.45, 2.75) is 40.3 Å². The minimum atomic E-state index is -0.479. The largest absolute Gasteiger partial charge is 0.331 e. The maximum atomic E-state index is 13.1. The topological polar surface area (TPSA) is 73.1 Å². The van der Waals surface area contributed by atoms with Crippen LogP contribution in [0.15, 0.2) is 52.1 Å². The van der Waals surface area contributed by atoms with E-state index in [1.807, 2.05) is 20.8 Å². The molecule has 0 saturated carbocycles. The van der Waals surface area contributed by atoms with Gasteiger partial charge in [0, 0.05) is 17.3 Å². The van der Waals surface area contributed by atoms with Gasteiger partial charge in [0.1, 0.15) is 6.54 Å². The summed E-state index contributed by atoms with van der Waals surface area (Å²) in [6, 6.07) is 12.1. The second-order valence-corrected chi connectivity index (χ2v) is 7.89. The van der Waals surface area contributed by atoms with Gasteiger partial charge in [0.25, 0.3) is 5.56 Å². The van der Waals surface area contributed by atoms with Crippen molar-refractivity contribution >= 4 is 34.1 Å². The van der Waals surface area contributed by atoms with Gasteiger partial charge in [-0.3, -0.25) is 18.7 Å². The van der Waals surface area contributed by atoms with Crippen LogP contribution in [-0.2, 0) is 17.9 Å². The molecular formula is C22H24ClN3O3. The van der Waals surface area contributed by atoms with Crippen LogP contribution in [0.2, 0.25) is 5.02 Å². The van der Waals surface area contributed by atoms with Gasteiger partial charge in [-0.25, -0.2) is 4.79 Å². The lowest BCUT2D eigenvalue weighted by atomic mass is 10.1. The predicted molar refractivity (Wildman–Crippen MR) is 117 cm³/mol. The number of para-hydroxylation sites is 1. The van der Waals surface area contributed by atoms with E-state index in [1.165, 1.54) is 9.13 Å². The Morgan fingerprint density at radius 1 is 1.07 bits per heavy atom. The number of nitrogens with zero attached hydrogens (tertiary/aromatic N) is 2. The van der Waals surface area contributed by atoms with Crippen molar-refractivity contribution in [2.24, 2.45) is 5.92 Å². The molecule has 7 heteroatoms. The average Bonchev–Trinajstić information content (AvgIpc) is 2.68.